The van der Waals surface area contributed by atoms with Crippen molar-refractivity contribution < 1.29 is 0 Å². The van der Waals surface area contributed by atoms with E-state index in [1.807, 2.05) is 6.07 Å². The van der Waals surface area contributed by atoms with E-state index in [2.05, 4.69) is 30.5 Å². The number of halogens is 1. The molecular weight excluding hydrogens is 408 g/mol. The van der Waals surface area contributed by atoms with Crippen LogP contribution < -0.4 is 22.3 Å². The quantitative estimate of drug-likeness (QED) is 0.381. The first-order valence-corrected chi connectivity index (χ1v) is 9.08. The van der Waals surface area contributed by atoms with Crippen LogP contribution in [0.3, 0.4) is 0 Å². The second-order valence-corrected chi connectivity index (χ2v) is 6.82. The van der Waals surface area contributed by atoms with Gasteiger partial charge in [0, 0.05) is 11.1 Å². The number of hydrogen-bond donors (Lipinski definition) is 4. The molecule has 4 aromatic rings. The van der Waals surface area contributed by atoms with E-state index in [1.54, 1.807) is 31.2 Å². The van der Waals surface area contributed by atoms with Crippen LogP contribution in [-0.4, -0.2) is 29.7 Å². The Hall–Kier alpha value is -4.17. The van der Waals surface area contributed by atoms with Crippen molar-refractivity contribution in [3.63, 3.8) is 0 Å². The zero-order chi connectivity index (χ0) is 21.4. The van der Waals surface area contributed by atoms with Gasteiger partial charge in [0.05, 0.1) is 23.1 Å². The molecule has 1 aromatic carbocycles. The molecule has 0 radical (unpaired) electrons. The van der Waals surface area contributed by atoms with E-state index in [0.717, 1.165) is 0 Å². The average Bonchev–Trinajstić information content (AvgIpc) is 3.21. The molecule has 0 saturated carbocycles. The molecule has 4 rings (SSSR count). The number of nitrogens with two attached hydrogens (primary N) is 2. The lowest BCUT2D eigenvalue weighted by atomic mass is 10.2. The van der Waals surface area contributed by atoms with E-state index in [0.29, 0.717) is 27.6 Å². The minimum Gasteiger partial charge on any atom is -0.382 e. The Bertz CT molecular complexity index is 1360. The highest BCUT2D eigenvalue weighted by Gasteiger charge is 2.21. The Kier molecular flexibility index (Phi) is 4.69. The third-order valence-electron chi connectivity index (χ3n) is 4.39. The Morgan fingerprint density at radius 3 is 2.77 bits per heavy atom. The molecule has 0 aliphatic carbocycles. The molecular formula is C18H15ClN10O. The van der Waals surface area contributed by atoms with E-state index in [1.165, 1.54) is 10.8 Å². The van der Waals surface area contributed by atoms with Crippen LogP contribution in [0.5, 0.6) is 0 Å². The zero-order valence-corrected chi connectivity index (χ0v) is 16.3. The fourth-order valence-electron chi connectivity index (χ4n) is 3.05. The summed E-state index contributed by atoms with van der Waals surface area (Å²) in [6.45, 7) is 1.75. The summed E-state index contributed by atoms with van der Waals surface area (Å²) in [7, 11) is 0. The van der Waals surface area contributed by atoms with Gasteiger partial charge in [-0.2, -0.15) is 20.3 Å². The molecule has 30 heavy (non-hydrogen) atoms. The fraction of sp³-hybridized carbons (Fsp3) is 0.111. The van der Waals surface area contributed by atoms with E-state index in [4.69, 9.17) is 23.1 Å². The lowest BCUT2D eigenvalue weighted by Crippen LogP contribution is -2.28. The summed E-state index contributed by atoms with van der Waals surface area (Å²) in [5.74, 6) is 0.745. The molecule has 0 saturated heterocycles. The summed E-state index contributed by atoms with van der Waals surface area (Å²) in [6.07, 6.45) is 1.52. The summed E-state index contributed by atoms with van der Waals surface area (Å²) >= 11 is 6.09. The average molecular weight is 423 g/mol. The van der Waals surface area contributed by atoms with Gasteiger partial charge in [-0.15, -0.1) is 0 Å². The Balaban J connectivity index is 1.91. The molecule has 6 N–H and O–H groups in total. The first-order valence-electron chi connectivity index (χ1n) is 8.70. The molecule has 0 fully saturated rings. The number of H-pyrrole nitrogens is 1. The second kappa shape index (κ2) is 7.34. The van der Waals surface area contributed by atoms with Gasteiger partial charge in [-0.1, -0.05) is 11.6 Å². The summed E-state index contributed by atoms with van der Waals surface area (Å²) in [6, 6.07) is 7.84. The van der Waals surface area contributed by atoms with E-state index in [9.17, 15) is 10.1 Å². The van der Waals surface area contributed by atoms with Crippen molar-refractivity contribution in [1.29, 1.82) is 5.26 Å². The predicted octanol–water partition coefficient (Wildman–Crippen LogP) is 1.76. The minimum absolute atomic E-state index is 0.0373. The molecule has 1 atom stereocenters. The van der Waals surface area contributed by atoms with Gasteiger partial charge in [0.2, 0.25) is 5.95 Å². The van der Waals surface area contributed by atoms with Gasteiger partial charge in [-0.25, -0.2) is 9.55 Å². The Morgan fingerprint density at radius 2 is 2.07 bits per heavy atom. The number of aromatic nitrogens is 6. The van der Waals surface area contributed by atoms with Gasteiger partial charge in [0.1, 0.15) is 29.1 Å². The van der Waals surface area contributed by atoms with Crippen molar-refractivity contribution in [3.05, 3.63) is 57.2 Å². The summed E-state index contributed by atoms with van der Waals surface area (Å²) in [5, 5.41) is 20.0. The maximum absolute atomic E-state index is 13.2. The van der Waals surface area contributed by atoms with Crippen molar-refractivity contribution in [2.45, 2.75) is 13.0 Å². The van der Waals surface area contributed by atoms with Gasteiger partial charge in [0.25, 0.3) is 5.56 Å². The number of nitriles is 1. The molecule has 3 aromatic heterocycles. The number of benzene rings is 1. The largest absolute Gasteiger partial charge is 0.382 e. The SMILES string of the molecule is C[C@H](Nc1nc(N)nc(N)c1C#N)c1nc2cc(Cl)ccc2c(=O)n1-c1ccn[nH]1. The Labute approximate surface area is 174 Å². The van der Waals surface area contributed by atoms with Crippen LogP contribution in [0.4, 0.5) is 17.6 Å². The molecule has 0 amide bonds. The summed E-state index contributed by atoms with van der Waals surface area (Å²) < 4.78 is 1.39. The van der Waals surface area contributed by atoms with E-state index in [-0.39, 0.29) is 28.7 Å². The molecule has 3 heterocycles. The number of aromatic amines is 1. The third-order valence-corrected chi connectivity index (χ3v) is 4.63. The van der Waals surface area contributed by atoms with Gasteiger partial charge < -0.3 is 16.8 Å². The lowest BCUT2D eigenvalue weighted by molar-refractivity contribution is 0.719. The third kappa shape index (κ3) is 3.25. The van der Waals surface area contributed by atoms with Crippen molar-refractivity contribution in [2.75, 3.05) is 16.8 Å². The first-order chi connectivity index (χ1) is 14.4. The van der Waals surface area contributed by atoms with Crippen LogP contribution in [-0.2, 0) is 0 Å². The van der Waals surface area contributed by atoms with Crippen LogP contribution in [0.1, 0.15) is 24.4 Å². The highest BCUT2D eigenvalue weighted by atomic mass is 35.5. The summed E-state index contributed by atoms with van der Waals surface area (Å²) in [4.78, 5) is 25.7. The summed E-state index contributed by atoms with van der Waals surface area (Å²) in [5.41, 5.74) is 11.6. The standard InChI is InChI=1S/C18H15ClN10O/c1-8(24-15-11(7-20)14(21)26-18(22)27-15)16-25-12-6-9(19)2-3-10(12)17(30)29(16)13-4-5-23-28-13/h2-6,8H,1H3,(H,23,28)(H5,21,22,24,26,27)/t8-/m0/s1. The van der Waals surface area contributed by atoms with E-state index < -0.39 is 6.04 Å². The molecule has 12 heteroatoms. The number of nitrogen functional groups attached to an aromatic ring is 2. The van der Waals surface area contributed by atoms with Crippen molar-refractivity contribution in [3.8, 4) is 11.9 Å². The molecule has 0 bridgehead atoms. The molecule has 150 valence electrons. The Morgan fingerprint density at radius 1 is 1.27 bits per heavy atom. The van der Waals surface area contributed by atoms with Gasteiger partial charge in [0.15, 0.2) is 5.82 Å². The van der Waals surface area contributed by atoms with Gasteiger partial charge in [-0.05, 0) is 25.1 Å². The normalized spacial score (nSPS) is 11.9. The fourth-order valence-corrected chi connectivity index (χ4v) is 3.22. The number of rotatable bonds is 4. The molecule has 0 spiro atoms. The highest BCUT2D eigenvalue weighted by molar-refractivity contribution is 6.31. The van der Waals surface area contributed by atoms with Crippen molar-refractivity contribution in [1.82, 2.24) is 29.7 Å². The van der Waals surface area contributed by atoms with Gasteiger partial charge >= 0.3 is 0 Å². The van der Waals surface area contributed by atoms with Crippen LogP contribution in [0.15, 0.2) is 35.3 Å². The first kappa shape index (κ1) is 19.2. The van der Waals surface area contributed by atoms with Gasteiger partial charge in [-0.3, -0.25) is 9.89 Å². The van der Waals surface area contributed by atoms with Crippen molar-refractivity contribution >= 4 is 40.1 Å². The topological polar surface area (TPSA) is 177 Å². The predicted molar refractivity (Wildman–Crippen MR) is 112 cm³/mol. The lowest BCUT2D eigenvalue weighted by Gasteiger charge is -2.20. The zero-order valence-electron chi connectivity index (χ0n) is 15.6. The maximum Gasteiger partial charge on any atom is 0.267 e. The number of hydrogen-bond acceptors (Lipinski definition) is 9. The molecule has 11 nitrogen and oxygen atoms in total. The number of nitrogens with zero attached hydrogens (tertiary/aromatic N) is 6. The molecule has 0 unspecified atom stereocenters. The monoisotopic (exact) mass is 422 g/mol. The van der Waals surface area contributed by atoms with Crippen LogP contribution in [0.25, 0.3) is 16.7 Å². The molecule has 0 aliphatic heterocycles. The number of nitrogens with one attached hydrogen (secondary N) is 2. The highest BCUT2D eigenvalue weighted by Crippen LogP contribution is 2.25. The van der Waals surface area contributed by atoms with Crippen LogP contribution >= 0.6 is 11.6 Å². The minimum atomic E-state index is -0.592. The second-order valence-electron chi connectivity index (χ2n) is 6.38. The van der Waals surface area contributed by atoms with E-state index >= 15 is 0 Å². The number of fused-ring (bicyclic) bond motifs is 1. The van der Waals surface area contributed by atoms with Crippen LogP contribution in [0, 0.1) is 11.3 Å². The smallest absolute Gasteiger partial charge is 0.267 e. The van der Waals surface area contributed by atoms with Crippen LogP contribution in [0.2, 0.25) is 5.02 Å². The molecule has 0 aliphatic rings. The maximum atomic E-state index is 13.2. The number of anilines is 3. The van der Waals surface area contributed by atoms with Crippen molar-refractivity contribution in [2.24, 2.45) is 0 Å².